The van der Waals surface area contributed by atoms with Crippen LogP contribution in [-0.2, 0) is 0 Å². The molecule has 0 radical (unpaired) electrons. The van der Waals surface area contributed by atoms with Gasteiger partial charge >= 0.3 is 0 Å². The Labute approximate surface area is 177 Å². The lowest BCUT2D eigenvalue weighted by molar-refractivity contribution is -0.0810. The second-order valence-electron chi connectivity index (χ2n) is 7.44. The zero-order valence-corrected chi connectivity index (χ0v) is 16.8. The number of H-pyrrole nitrogens is 1. The number of aromatic nitrogens is 2. The normalized spacial score (nSPS) is 18.2. The number of ether oxygens (including phenoxy) is 1. The highest BCUT2D eigenvalue weighted by Crippen LogP contribution is 2.32. The van der Waals surface area contributed by atoms with E-state index in [1.165, 1.54) is 4.90 Å². The number of carbonyl (C=O) groups excluding carboxylic acids is 1. The highest BCUT2D eigenvalue weighted by atomic mass is 35.5. The van der Waals surface area contributed by atoms with Crippen molar-refractivity contribution in [3.8, 4) is 16.9 Å². The van der Waals surface area contributed by atoms with E-state index in [2.05, 4.69) is 10.2 Å². The predicted octanol–water partition coefficient (Wildman–Crippen LogP) is 4.91. The first-order valence-corrected chi connectivity index (χ1v) is 9.92. The molecule has 1 N–H and O–H groups in total. The molecule has 0 bridgehead atoms. The van der Waals surface area contributed by atoms with Crippen LogP contribution in [0.1, 0.15) is 16.8 Å². The minimum absolute atomic E-state index is 0.0933. The summed E-state index contributed by atoms with van der Waals surface area (Å²) < 4.78 is 34.4. The minimum atomic E-state index is -2.97. The van der Waals surface area contributed by atoms with Gasteiger partial charge in [-0.3, -0.25) is 9.89 Å². The number of piperidine rings is 1. The fourth-order valence-electron chi connectivity index (χ4n) is 3.64. The van der Waals surface area contributed by atoms with E-state index in [4.69, 9.17) is 16.3 Å². The zero-order valence-electron chi connectivity index (χ0n) is 16.0. The highest BCUT2D eigenvalue weighted by Gasteiger charge is 2.42. The standard InChI is InChI=1S/C22H20ClF2N3O2/c23-19-4-6-20(7-5-19)30-13-15-9-22(24,25)14-28(12-15)21(29)17-3-1-2-16(8-17)18-10-26-27-11-18/h1-8,10-11,15H,9,12-14H2,(H,26,27). The van der Waals surface area contributed by atoms with Gasteiger partial charge in [0, 0.05) is 41.2 Å². The fourth-order valence-corrected chi connectivity index (χ4v) is 3.77. The maximum absolute atomic E-state index is 14.4. The van der Waals surface area contributed by atoms with Gasteiger partial charge in [0.25, 0.3) is 11.8 Å². The van der Waals surface area contributed by atoms with Crippen molar-refractivity contribution >= 4 is 17.5 Å². The number of alkyl halides is 2. The molecule has 8 heteroatoms. The van der Waals surface area contributed by atoms with Crippen molar-refractivity contribution in [3.05, 3.63) is 71.5 Å². The molecule has 1 aromatic heterocycles. The maximum atomic E-state index is 14.4. The molecular weight excluding hydrogens is 412 g/mol. The van der Waals surface area contributed by atoms with Crippen LogP contribution >= 0.6 is 11.6 Å². The largest absolute Gasteiger partial charge is 0.493 e. The van der Waals surface area contributed by atoms with Crippen molar-refractivity contribution in [2.75, 3.05) is 19.7 Å². The Morgan fingerprint density at radius 2 is 2.03 bits per heavy atom. The molecule has 0 aliphatic carbocycles. The van der Waals surface area contributed by atoms with Crippen LogP contribution in [0, 0.1) is 5.92 Å². The van der Waals surface area contributed by atoms with Gasteiger partial charge in [-0.25, -0.2) is 8.78 Å². The van der Waals surface area contributed by atoms with Crippen LogP contribution in [0.15, 0.2) is 60.9 Å². The molecule has 30 heavy (non-hydrogen) atoms. The van der Waals surface area contributed by atoms with Crippen LogP contribution in [0.4, 0.5) is 8.78 Å². The van der Waals surface area contributed by atoms with Crippen molar-refractivity contribution in [1.82, 2.24) is 15.1 Å². The van der Waals surface area contributed by atoms with Crippen LogP contribution in [0.5, 0.6) is 5.75 Å². The minimum Gasteiger partial charge on any atom is -0.493 e. The van der Waals surface area contributed by atoms with E-state index in [9.17, 15) is 13.6 Å². The van der Waals surface area contributed by atoms with Crippen molar-refractivity contribution in [1.29, 1.82) is 0 Å². The molecule has 5 nitrogen and oxygen atoms in total. The van der Waals surface area contributed by atoms with Gasteiger partial charge in [0.05, 0.1) is 19.3 Å². The first-order chi connectivity index (χ1) is 14.4. The lowest BCUT2D eigenvalue weighted by atomic mass is 9.95. The average molecular weight is 432 g/mol. The van der Waals surface area contributed by atoms with Crippen molar-refractivity contribution in [3.63, 3.8) is 0 Å². The van der Waals surface area contributed by atoms with Crippen LogP contribution in [-0.4, -0.2) is 46.6 Å². The first-order valence-electron chi connectivity index (χ1n) is 9.54. The van der Waals surface area contributed by atoms with Gasteiger partial charge in [-0.15, -0.1) is 0 Å². The topological polar surface area (TPSA) is 58.2 Å². The number of amides is 1. The fraction of sp³-hybridized carbons (Fsp3) is 0.273. The number of nitrogens with one attached hydrogen (secondary N) is 1. The number of rotatable bonds is 5. The quantitative estimate of drug-likeness (QED) is 0.624. The molecule has 1 unspecified atom stereocenters. The third kappa shape index (κ3) is 4.79. The molecule has 3 aromatic rings. The number of aromatic amines is 1. The number of hydrogen-bond donors (Lipinski definition) is 1. The van der Waals surface area contributed by atoms with Crippen molar-refractivity contribution < 1.29 is 18.3 Å². The molecule has 4 rings (SSSR count). The Hall–Kier alpha value is -2.93. The van der Waals surface area contributed by atoms with E-state index >= 15 is 0 Å². The molecule has 1 saturated heterocycles. The summed E-state index contributed by atoms with van der Waals surface area (Å²) >= 11 is 5.85. The summed E-state index contributed by atoms with van der Waals surface area (Å²) in [5.74, 6) is -3.31. The van der Waals surface area contributed by atoms with E-state index in [1.807, 2.05) is 6.07 Å². The summed E-state index contributed by atoms with van der Waals surface area (Å²) in [4.78, 5) is 14.2. The van der Waals surface area contributed by atoms with E-state index in [1.54, 1.807) is 54.9 Å². The van der Waals surface area contributed by atoms with Gasteiger partial charge in [0.1, 0.15) is 5.75 Å². The molecule has 2 heterocycles. The number of carbonyl (C=O) groups is 1. The lowest BCUT2D eigenvalue weighted by Gasteiger charge is -2.37. The Bertz CT molecular complexity index is 1010. The molecule has 156 valence electrons. The summed E-state index contributed by atoms with van der Waals surface area (Å²) in [6, 6.07) is 13.6. The number of nitrogens with zero attached hydrogens (tertiary/aromatic N) is 2. The summed E-state index contributed by atoms with van der Waals surface area (Å²) in [7, 11) is 0. The Morgan fingerprint density at radius 1 is 1.23 bits per heavy atom. The second kappa shape index (κ2) is 8.44. The summed E-state index contributed by atoms with van der Waals surface area (Å²) in [5.41, 5.74) is 1.98. The highest BCUT2D eigenvalue weighted by molar-refractivity contribution is 6.30. The number of halogens is 3. The smallest absolute Gasteiger partial charge is 0.265 e. The van der Waals surface area contributed by atoms with Crippen LogP contribution in [0.25, 0.3) is 11.1 Å². The van der Waals surface area contributed by atoms with Gasteiger partial charge in [-0.1, -0.05) is 23.7 Å². The van der Waals surface area contributed by atoms with E-state index in [0.29, 0.717) is 16.3 Å². The van der Waals surface area contributed by atoms with Gasteiger partial charge in [0.15, 0.2) is 0 Å². The SMILES string of the molecule is O=C(c1cccc(-c2cn[nH]c2)c1)N1CC(COc2ccc(Cl)cc2)CC(F)(F)C1. The molecule has 1 fully saturated rings. The number of benzene rings is 2. The molecule has 2 aromatic carbocycles. The number of hydrogen-bond acceptors (Lipinski definition) is 3. The Balaban J connectivity index is 1.47. The van der Waals surface area contributed by atoms with Gasteiger partial charge in [0.2, 0.25) is 0 Å². The monoisotopic (exact) mass is 431 g/mol. The second-order valence-corrected chi connectivity index (χ2v) is 7.88. The molecular formula is C22H20ClF2N3O2. The molecule has 1 amide bonds. The lowest BCUT2D eigenvalue weighted by Crippen LogP contribution is -2.50. The zero-order chi connectivity index (χ0) is 21.1. The van der Waals surface area contributed by atoms with Crippen molar-refractivity contribution in [2.45, 2.75) is 12.3 Å². The summed E-state index contributed by atoms with van der Waals surface area (Å²) in [6.45, 7) is -0.298. The summed E-state index contributed by atoms with van der Waals surface area (Å²) in [5, 5.41) is 7.19. The molecule has 1 aliphatic heterocycles. The third-order valence-corrected chi connectivity index (χ3v) is 5.27. The van der Waals surface area contributed by atoms with E-state index < -0.39 is 24.3 Å². The Kier molecular flexibility index (Phi) is 5.72. The molecule has 1 atom stereocenters. The summed E-state index contributed by atoms with van der Waals surface area (Å²) in [6.07, 6.45) is 3.03. The van der Waals surface area contributed by atoms with Crippen LogP contribution < -0.4 is 4.74 Å². The Morgan fingerprint density at radius 3 is 2.77 bits per heavy atom. The molecule has 0 spiro atoms. The molecule has 1 aliphatic rings. The van der Waals surface area contributed by atoms with Crippen LogP contribution in [0.2, 0.25) is 5.02 Å². The first kappa shape index (κ1) is 20.3. The predicted molar refractivity (Wildman–Crippen MR) is 110 cm³/mol. The van der Waals surface area contributed by atoms with Gasteiger partial charge < -0.3 is 9.64 Å². The average Bonchev–Trinajstić information content (AvgIpc) is 3.27. The van der Waals surface area contributed by atoms with E-state index in [-0.39, 0.29) is 19.6 Å². The van der Waals surface area contributed by atoms with Gasteiger partial charge in [-0.2, -0.15) is 5.10 Å². The third-order valence-electron chi connectivity index (χ3n) is 5.02. The maximum Gasteiger partial charge on any atom is 0.265 e. The van der Waals surface area contributed by atoms with Crippen molar-refractivity contribution in [2.24, 2.45) is 5.92 Å². The van der Waals surface area contributed by atoms with Gasteiger partial charge in [-0.05, 0) is 42.0 Å². The van der Waals surface area contributed by atoms with Crippen LogP contribution in [0.3, 0.4) is 0 Å². The van der Waals surface area contributed by atoms with E-state index in [0.717, 1.165) is 11.1 Å². The number of likely N-dealkylation sites (tertiary alicyclic amines) is 1. The molecule has 0 saturated carbocycles.